The van der Waals surface area contributed by atoms with Crippen LogP contribution in [0.25, 0.3) is 0 Å². The van der Waals surface area contributed by atoms with Gasteiger partial charge in [0.05, 0.1) is 0 Å². The zero-order valence-corrected chi connectivity index (χ0v) is 12.2. The second-order valence-electron chi connectivity index (χ2n) is 4.24. The van der Waals surface area contributed by atoms with E-state index in [1.54, 1.807) is 29.2 Å². The number of amides is 1. The van der Waals surface area contributed by atoms with Gasteiger partial charge in [0.15, 0.2) is 12.4 Å². The van der Waals surface area contributed by atoms with Crippen LogP contribution in [0.15, 0.2) is 24.3 Å². The van der Waals surface area contributed by atoms with Crippen LogP contribution in [0.3, 0.4) is 0 Å². The minimum absolute atomic E-state index is 0.00699. The van der Waals surface area contributed by atoms with Gasteiger partial charge in [-0.3, -0.25) is 9.59 Å². The van der Waals surface area contributed by atoms with E-state index in [9.17, 15) is 9.59 Å². The molecule has 0 bridgehead atoms. The number of rotatable bonds is 8. The molecule has 0 saturated carbocycles. The number of ether oxygens (including phenoxy) is 2. The lowest BCUT2D eigenvalue weighted by Gasteiger charge is -2.18. The van der Waals surface area contributed by atoms with E-state index in [4.69, 9.17) is 9.47 Å². The quantitative estimate of drug-likeness (QED) is 0.680. The van der Waals surface area contributed by atoms with Crippen molar-refractivity contribution in [3.8, 4) is 5.75 Å². The molecule has 1 aromatic rings. The van der Waals surface area contributed by atoms with Crippen molar-refractivity contribution in [1.82, 2.24) is 4.90 Å². The number of ketones is 1. The fourth-order valence-electron chi connectivity index (χ4n) is 1.76. The van der Waals surface area contributed by atoms with Crippen molar-refractivity contribution in [2.45, 2.75) is 13.8 Å². The van der Waals surface area contributed by atoms with Gasteiger partial charge in [0.25, 0.3) is 5.91 Å². The maximum atomic E-state index is 11.8. The molecule has 20 heavy (non-hydrogen) atoms. The van der Waals surface area contributed by atoms with E-state index in [1.165, 1.54) is 7.11 Å². The molecule has 110 valence electrons. The van der Waals surface area contributed by atoms with E-state index < -0.39 is 0 Å². The van der Waals surface area contributed by atoms with Gasteiger partial charge in [-0.05, 0) is 38.1 Å². The Balaban J connectivity index is 2.53. The Hall–Kier alpha value is -1.88. The van der Waals surface area contributed by atoms with Crippen LogP contribution in [0, 0.1) is 0 Å². The molecule has 0 aromatic heterocycles. The van der Waals surface area contributed by atoms with Crippen LogP contribution in [-0.2, 0) is 9.53 Å². The molecule has 0 unspecified atom stereocenters. The number of Topliss-reactive ketones (excluding diaryl/α,β-unsaturated/α-hetero) is 1. The first-order valence-corrected chi connectivity index (χ1v) is 6.65. The highest BCUT2D eigenvalue weighted by Crippen LogP contribution is 2.13. The number of nitrogens with zero attached hydrogens (tertiary/aromatic N) is 1. The molecule has 1 aromatic carbocycles. The first kappa shape index (κ1) is 16.2. The van der Waals surface area contributed by atoms with Gasteiger partial charge in [-0.25, -0.2) is 0 Å². The summed E-state index contributed by atoms with van der Waals surface area (Å²) in [6.45, 7) is 5.26. The van der Waals surface area contributed by atoms with Gasteiger partial charge in [-0.15, -0.1) is 0 Å². The molecule has 0 spiro atoms. The average Bonchev–Trinajstić information content (AvgIpc) is 2.47. The maximum absolute atomic E-state index is 11.8. The first-order valence-electron chi connectivity index (χ1n) is 6.65. The number of methoxy groups -OCH3 is 1. The Kier molecular flexibility index (Phi) is 6.73. The van der Waals surface area contributed by atoms with Crippen molar-refractivity contribution in [1.29, 1.82) is 0 Å². The fourth-order valence-corrected chi connectivity index (χ4v) is 1.76. The standard InChI is InChI=1S/C15H21NO4/c1-4-16(5-2)15(18)11-20-13-8-6-12(7-9-13)14(17)10-19-3/h6-9H,4-5,10-11H2,1-3H3. The molecule has 5 nitrogen and oxygen atoms in total. The topological polar surface area (TPSA) is 55.8 Å². The van der Waals surface area contributed by atoms with Crippen LogP contribution >= 0.6 is 0 Å². The van der Waals surface area contributed by atoms with E-state index >= 15 is 0 Å². The third-order valence-electron chi connectivity index (χ3n) is 2.93. The molecule has 0 radical (unpaired) electrons. The van der Waals surface area contributed by atoms with Crippen molar-refractivity contribution >= 4 is 11.7 Å². The second kappa shape index (κ2) is 8.32. The lowest BCUT2D eigenvalue weighted by Crippen LogP contribution is -2.34. The van der Waals surface area contributed by atoms with Gasteiger partial charge in [-0.2, -0.15) is 0 Å². The Labute approximate surface area is 119 Å². The van der Waals surface area contributed by atoms with Crippen molar-refractivity contribution < 1.29 is 19.1 Å². The van der Waals surface area contributed by atoms with Gasteiger partial charge >= 0.3 is 0 Å². The summed E-state index contributed by atoms with van der Waals surface area (Å²) in [6.07, 6.45) is 0. The number of carbonyl (C=O) groups is 2. The zero-order valence-electron chi connectivity index (χ0n) is 12.2. The van der Waals surface area contributed by atoms with Gasteiger partial charge < -0.3 is 14.4 Å². The van der Waals surface area contributed by atoms with Crippen LogP contribution in [0.1, 0.15) is 24.2 Å². The molecular formula is C15H21NO4. The van der Waals surface area contributed by atoms with E-state index in [0.717, 1.165) is 0 Å². The highest BCUT2D eigenvalue weighted by Gasteiger charge is 2.10. The molecule has 0 N–H and O–H groups in total. The molecule has 0 aliphatic heterocycles. The lowest BCUT2D eigenvalue weighted by atomic mass is 10.1. The van der Waals surface area contributed by atoms with Crippen molar-refractivity contribution in [3.05, 3.63) is 29.8 Å². The third-order valence-corrected chi connectivity index (χ3v) is 2.93. The summed E-state index contributed by atoms with van der Waals surface area (Å²) in [5, 5.41) is 0. The van der Waals surface area contributed by atoms with E-state index in [1.807, 2.05) is 13.8 Å². The second-order valence-corrected chi connectivity index (χ2v) is 4.24. The van der Waals surface area contributed by atoms with Crippen LogP contribution < -0.4 is 4.74 Å². The number of hydrogen-bond donors (Lipinski definition) is 0. The highest BCUT2D eigenvalue weighted by molar-refractivity contribution is 5.97. The number of likely N-dealkylation sites (N-methyl/N-ethyl adjacent to an activating group) is 1. The fraction of sp³-hybridized carbons (Fsp3) is 0.467. The highest BCUT2D eigenvalue weighted by atomic mass is 16.5. The van der Waals surface area contributed by atoms with Crippen molar-refractivity contribution in [2.75, 3.05) is 33.4 Å². The van der Waals surface area contributed by atoms with E-state index in [2.05, 4.69) is 0 Å². The van der Waals surface area contributed by atoms with E-state index in [-0.39, 0.29) is 24.9 Å². The van der Waals surface area contributed by atoms with Gasteiger partial charge in [0, 0.05) is 25.8 Å². The third kappa shape index (κ3) is 4.66. The molecule has 0 aliphatic rings. The largest absolute Gasteiger partial charge is 0.484 e. The molecule has 5 heteroatoms. The Morgan fingerprint density at radius 3 is 2.15 bits per heavy atom. The lowest BCUT2D eigenvalue weighted by molar-refractivity contribution is -0.132. The SMILES string of the molecule is CCN(CC)C(=O)COc1ccc(C(=O)COC)cc1. The number of hydrogen-bond acceptors (Lipinski definition) is 4. The normalized spacial score (nSPS) is 10.2. The first-order chi connectivity index (χ1) is 9.62. The molecule has 0 atom stereocenters. The number of carbonyl (C=O) groups excluding carboxylic acids is 2. The minimum atomic E-state index is -0.0849. The molecule has 0 aliphatic carbocycles. The van der Waals surface area contributed by atoms with Crippen LogP contribution in [0.2, 0.25) is 0 Å². The Bertz CT molecular complexity index is 438. The van der Waals surface area contributed by atoms with Gasteiger partial charge in [-0.1, -0.05) is 0 Å². The maximum Gasteiger partial charge on any atom is 0.260 e. The smallest absolute Gasteiger partial charge is 0.260 e. The molecule has 0 saturated heterocycles. The summed E-state index contributed by atoms with van der Waals surface area (Å²) in [4.78, 5) is 25.0. The van der Waals surface area contributed by atoms with Crippen molar-refractivity contribution in [3.63, 3.8) is 0 Å². The molecule has 0 heterocycles. The summed E-state index contributed by atoms with van der Waals surface area (Å²) >= 11 is 0. The summed E-state index contributed by atoms with van der Waals surface area (Å²) in [7, 11) is 1.48. The predicted molar refractivity (Wildman–Crippen MR) is 76.1 cm³/mol. The Morgan fingerprint density at radius 1 is 1.05 bits per heavy atom. The molecule has 0 fully saturated rings. The summed E-state index contributed by atoms with van der Waals surface area (Å²) in [5.41, 5.74) is 0.564. The zero-order chi connectivity index (χ0) is 15.0. The van der Waals surface area contributed by atoms with Crippen molar-refractivity contribution in [2.24, 2.45) is 0 Å². The molecule has 1 amide bonds. The molecule has 1 rings (SSSR count). The predicted octanol–water partition coefficient (Wildman–Crippen LogP) is 1.76. The van der Waals surface area contributed by atoms with Crippen LogP contribution in [0.4, 0.5) is 0 Å². The minimum Gasteiger partial charge on any atom is -0.484 e. The summed E-state index contributed by atoms with van der Waals surface area (Å²) in [6, 6.07) is 6.69. The van der Waals surface area contributed by atoms with Crippen LogP contribution in [-0.4, -0.2) is 50.0 Å². The summed E-state index contributed by atoms with van der Waals surface area (Å²) in [5.74, 6) is 0.437. The summed E-state index contributed by atoms with van der Waals surface area (Å²) < 4.78 is 10.2. The van der Waals surface area contributed by atoms with E-state index in [0.29, 0.717) is 24.4 Å². The average molecular weight is 279 g/mol. The van der Waals surface area contributed by atoms with Crippen LogP contribution in [0.5, 0.6) is 5.75 Å². The number of benzene rings is 1. The van der Waals surface area contributed by atoms with Gasteiger partial charge in [0.2, 0.25) is 0 Å². The Morgan fingerprint density at radius 2 is 1.65 bits per heavy atom. The van der Waals surface area contributed by atoms with Gasteiger partial charge in [0.1, 0.15) is 12.4 Å². The monoisotopic (exact) mass is 279 g/mol. The molecular weight excluding hydrogens is 258 g/mol.